The van der Waals surface area contributed by atoms with Gasteiger partial charge in [0, 0.05) is 29.9 Å². The molecule has 2 heterocycles. The first-order valence-corrected chi connectivity index (χ1v) is 9.45. The fraction of sp³-hybridized carbons (Fsp3) is 0.318. The van der Waals surface area contributed by atoms with E-state index in [9.17, 15) is 0 Å². The van der Waals surface area contributed by atoms with E-state index in [2.05, 4.69) is 78.0 Å². The molecule has 1 aromatic heterocycles. The van der Waals surface area contributed by atoms with Crippen molar-refractivity contribution in [3.63, 3.8) is 0 Å². The summed E-state index contributed by atoms with van der Waals surface area (Å²) in [7, 11) is 0. The van der Waals surface area contributed by atoms with Crippen LogP contribution in [0, 0.1) is 6.92 Å². The Morgan fingerprint density at radius 1 is 0.885 bits per heavy atom. The molecular formula is C22H27N4+. The van der Waals surface area contributed by atoms with Gasteiger partial charge >= 0.3 is 0 Å². The van der Waals surface area contributed by atoms with Crippen LogP contribution in [0.15, 0.2) is 60.7 Å². The molecule has 4 nitrogen and oxygen atoms in total. The topological polar surface area (TPSA) is 40.7 Å². The van der Waals surface area contributed by atoms with Gasteiger partial charge in [0.1, 0.15) is 18.8 Å². The average molecular weight is 347 g/mol. The maximum atomic E-state index is 4.71. The number of quaternary nitrogens is 1. The van der Waals surface area contributed by atoms with E-state index in [4.69, 9.17) is 5.10 Å². The Kier molecular flexibility index (Phi) is 4.87. The highest BCUT2D eigenvalue weighted by molar-refractivity contribution is 5.68. The van der Waals surface area contributed by atoms with Crippen molar-refractivity contribution in [1.29, 1.82) is 0 Å². The molecule has 3 aromatic rings. The normalized spacial score (nSPS) is 16.5. The zero-order valence-electron chi connectivity index (χ0n) is 15.4. The minimum Gasteiger partial charge on any atom is -0.313 e. The summed E-state index contributed by atoms with van der Waals surface area (Å²) in [5.41, 5.74) is 6.27. The van der Waals surface area contributed by atoms with Gasteiger partial charge in [0.25, 0.3) is 0 Å². The monoisotopic (exact) mass is 347 g/mol. The van der Waals surface area contributed by atoms with Crippen LogP contribution in [0.25, 0.3) is 11.1 Å². The minimum absolute atomic E-state index is 0.963. The smallest absolute Gasteiger partial charge is 0.124 e. The number of hydrogen-bond donors (Lipinski definition) is 2. The minimum atomic E-state index is 0.963. The van der Waals surface area contributed by atoms with E-state index in [-0.39, 0.29) is 0 Å². The summed E-state index contributed by atoms with van der Waals surface area (Å²) in [4.78, 5) is 0. The van der Waals surface area contributed by atoms with Crippen molar-refractivity contribution >= 4 is 0 Å². The largest absolute Gasteiger partial charge is 0.313 e. The van der Waals surface area contributed by atoms with Gasteiger partial charge in [0.2, 0.25) is 0 Å². The molecule has 1 fully saturated rings. The van der Waals surface area contributed by atoms with Crippen LogP contribution in [0.3, 0.4) is 0 Å². The first-order valence-electron chi connectivity index (χ1n) is 9.45. The van der Waals surface area contributed by atoms with Crippen molar-refractivity contribution < 1.29 is 4.48 Å². The van der Waals surface area contributed by atoms with Gasteiger partial charge in [0.15, 0.2) is 0 Å². The Labute approximate surface area is 155 Å². The van der Waals surface area contributed by atoms with Crippen molar-refractivity contribution in [2.75, 3.05) is 26.2 Å². The number of nitrogens with zero attached hydrogens (tertiary/aromatic N) is 2. The molecule has 1 aliphatic rings. The van der Waals surface area contributed by atoms with Gasteiger partial charge in [-0.05, 0) is 12.5 Å². The van der Waals surface area contributed by atoms with Gasteiger partial charge in [-0.25, -0.2) is 0 Å². The van der Waals surface area contributed by atoms with Crippen LogP contribution in [0.5, 0.6) is 0 Å². The second-order valence-corrected chi connectivity index (χ2v) is 7.38. The van der Waals surface area contributed by atoms with Crippen molar-refractivity contribution in [2.45, 2.75) is 20.0 Å². The van der Waals surface area contributed by atoms with Crippen LogP contribution >= 0.6 is 0 Å². The number of aryl methyl sites for hydroxylation is 1. The third-order valence-corrected chi connectivity index (χ3v) is 5.46. The van der Waals surface area contributed by atoms with Gasteiger partial charge in [-0.15, -0.1) is 0 Å². The molecule has 0 unspecified atom stereocenters. The second-order valence-electron chi connectivity index (χ2n) is 7.38. The van der Waals surface area contributed by atoms with Crippen molar-refractivity contribution in [3.8, 4) is 11.1 Å². The Bertz CT molecular complexity index is 833. The van der Waals surface area contributed by atoms with Crippen molar-refractivity contribution in [2.24, 2.45) is 0 Å². The molecule has 0 radical (unpaired) electrons. The summed E-state index contributed by atoms with van der Waals surface area (Å²) in [6.45, 7) is 8.55. The van der Waals surface area contributed by atoms with Gasteiger partial charge < -0.3 is 9.80 Å². The molecule has 0 amide bonds. The molecule has 0 saturated carbocycles. The molecular weight excluding hydrogens is 320 g/mol. The van der Waals surface area contributed by atoms with Gasteiger partial charge in [0.05, 0.1) is 13.1 Å². The van der Waals surface area contributed by atoms with Gasteiger partial charge in [-0.2, -0.15) is 5.10 Å². The third-order valence-electron chi connectivity index (χ3n) is 5.46. The van der Waals surface area contributed by atoms with E-state index < -0.39 is 0 Å². The molecule has 2 N–H and O–H groups in total. The maximum Gasteiger partial charge on any atom is 0.124 e. The van der Waals surface area contributed by atoms with Crippen LogP contribution in [-0.4, -0.2) is 40.9 Å². The van der Waals surface area contributed by atoms with E-state index >= 15 is 0 Å². The highest BCUT2D eigenvalue weighted by atomic mass is 15.4. The molecule has 1 aliphatic heterocycles. The molecule has 0 spiro atoms. The Morgan fingerprint density at radius 3 is 2.23 bits per heavy atom. The summed E-state index contributed by atoms with van der Waals surface area (Å²) in [5.74, 6) is 0. The maximum absolute atomic E-state index is 4.71. The average Bonchev–Trinajstić information content (AvgIpc) is 3.04. The summed E-state index contributed by atoms with van der Waals surface area (Å²) in [6.07, 6.45) is 0. The summed E-state index contributed by atoms with van der Waals surface area (Å²) in [5, 5.41) is 11.5. The number of hydrogen-bond acceptors (Lipinski definition) is 2. The molecule has 26 heavy (non-hydrogen) atoms. The third kappa shape index (κ3) is 3.57. The first-order chi connectivity index (χ1) is 12.8. The molecule has 0 bridgehead atoms. The fourth-order valence-electron chi connectivity index (χ4n) is 4.11. The summed E-state index contributed by atoms with van der Waals surface area (Å²) < 4.78 is 1.06. The van der Waals surface area contributed by atoms with Crippen LogP contribution in [-0.2, 0) is 13.1 Å². The summed E-state index contributed by atoms with van der Waals surface area (Å²) in [6, 6.07) is 21.5. The lowest BCUT2D eigenvalue weighted by atomic mass is 10.0. The number of rotatable bonds is 5. The van der Waals surface area contributed by atoms with Gasteiger partial charge in [-0.3, -0.25) is 5.10 Å². The molecule has 4 rings (SSSR count). The van der Waals surface area contributed by atoms with E-state index in [0.717, 1.165) is 49.4 Å². The highest BCUT2D eigenvalue weighted by Crippen LogP contribution is 2.29. The predicted octanol–water partition coefficient (Wildman–Crippen LogP) is 3.51. The Hall–Kier alpha value is -2.43. The van der Waals surface area contributed by atoms with Gasteiger partial charge in [-0.1, -0.05) is 60.7 Å². The van der Waals surface area contributed by atoms with E-state index in [1.165, 1.54) is 22.4 Å². The molecule has 0 atom stereocenters. The quantitative estimate of drug-likeness (QED) is 0.694. The number of aromatic nitrogens is 2. The van der Waals surface area contributed by atoms with Crippen LogP contribution in [0.2, 0.25) is 0 Å². The van der Waals surface area contributed by atoms with E-state index in [1.54, 1.807) is 0 Å². The zero-order valence-corrected chi connectivity index (χ0v) is 15.4. The molecule has 134 valence electrons. The SMILES string of the molecule is Cc1[nH]nc(C[N+]2(Cc3ccccc3)CCNCC2)c1-c1ccccc1. The number of nitrogens with one attached hydrogen (secondary N) is 2. The highest BCUT2D eigenvalue weighted by Gasteiger charge is 2.32. The Morgan fingerprint density at radius 2 is 1.54 bits per heavy atom. The number of benzene rings is 2. The number of piperazine rings is 1. The standard InChI is InChI=1S/C22H27N4/c1-18-22(20-10-6-3-7-11-20)21(25-24-18)17-26(14-12-23-13-15-26)16-19-8-4-2-5-9-19/h2-11,23H,12-17H2,1H3,(H,24,25)/q+1. The van der Waals surface area contributed by atoms with E-state index in [1.807, 2.05) is 0 Å². The molecule has 0 aliphatic carbocycles. The van der Waals surface area contributed by atoms with Crippen LogP contribution in [0.1, 0.15) is 17.0 Å². The Balaban J connectivity index is 1.67. The van der Waals surface area contributed by atoms with Crippen molar-refractivity contribution in [3.05, 3.63) is 77.6 Å². The van der Waals surface area contributed by atoms with Crippen LogP contribution in [0.4, 0.5) is 0 Å². The molecule has 1 saturated heterocycles. The summed E-state index contributed by atoms with van der Waals surface area (Å²) >= 11 is 0. The lowest BCUT2D eigenvalue weighted by Gasteiger charge is -2.41. The van der Waals surface area contributed by atoms with Crippen molar-refractivity contribution in [1.82, 2.24) is 15.5 Å². The van der Waals surface area contributed by atoms with Crippen LogP contribution < -0.4 is 5.32 Å². The second kappa shape index (κ2) is 7.44. The molecule has 4 heteroatoms. The zero-order chi connectivity index (χ0) is 17.8. The lowest BCUT2D eigenvalue weighted by Crippen LogP contribution is -2.57. The first kappa shape index (κ1) is 17.0. The fourth-order valence-corrected chi connectivity index (χ4v) is 4.11. The lowest BCUT2D eigenvalue weighted by molar-refractivity contribution is -0.955. The number of aromatic amines is 1. The van der Waals surface area contributed by atoms with E-state index in [0.29, 0.717) is 0 Å². The number of H-pyrrole nitrogens is 1. The predicted molar refractivity (Wildman–Crippen MR) is 105 cm³/mol. The molecule has 2 aromatic carbocycles.